The number of aromatic hydroxyl groups is 1. The van der Waals surface area contributed by atoms with Gasteiger partial charge in [0.25, 0.3) is 0 Å². The van der Waals surface area contributed by atoms with E-state index in [1.165, 1.54) is 37.0 Å². The molecule has 0 radical (unpaired) electrons. The number of phenolic OH excluding ortho intramolecular Hbond substituents is 1. The van der Waals surface area contributed by atoms with Crippen LogP contribution in [-0.4, -0.2) is 53.4 Å². The molecule has 0 aliphatic carbocycles. The second-order valence-electron chi connectivity index (χ2n) is 5.07. The van der Waals surface area contributed by atoms with Gasteiger partial charge in [0.2, 0.25) is 0 Å². The lowest BCUT2D eigenvalue weighted by Gasteiger charge is -2.21. The molecule has 1 rings (SSSR count). The van der Waals surface area contributed by atoms with Crippen LogP contribution in [0.2, 0.25) is 0 Å². The van der Waals surface area contributed by atoms with Crippen molar-refractivity contribution in [2.45, 2.75) is 12.5 Å². The Morgan fingerprint density at radius 1 is 1.48 bits per heavy atom. The molecule has 0 bridgehead atoms. The first-order chi connectivity index (χ1) is 10.9. The Morgan fingerprint density at radius 3 is 2.83 bits per heavy atom. The minimum absolute atomic E-state index is 0.0832. The lowest BCUT2D eigenvalue weighted by atomic mass is 10.1. The van der Waals surface area contributed by atoms with Gasteiger partial charge in [-0.15, -0.1) is 0 Å². The number of para-hydroxylation sites is 1. The summed E-state index contributed by atoms with van der Waals surface area (Å²) in [5.74, 6) is -1.03. The van der Waals surface area contributed by atoms with E-state index >= 15 is 0 Å². The van der Waals surface area contributed by atoms with Crippen LogP contribution in [0.1, 0.15) is 17.3 Å². The van der Waals surface area contributed by atoms with Crippen molar-refractivity contribution in [1.82, 2.24) is 5.32 Å². The number of nitrogens with two attached hydrogens (primary N) is 1. The Balaban J connectivity index is 2.47. The van der Waals surface area contributed by atoms with E-state index in [0.29, 0.717) is 18.8 Å². The Kier molecular flexibility index (Phi) is 7.73. The molecule has 5 N–H and O–H groups in total. The summed E-state index contributed by atoms with van der Waals surface area (Å²) in [5.41, 5.74) is 4.50. The third-order valence-corrected chi connectivity index (χ3v) is 4.14. The number of esters is 2. The van der Waals surface area contributed by atoms with Crippen LogP contribution >= 0.6 is 11.8 Å². The maximum Gasteiger partial charge on any atom is 0.349 e. The zero-order chi connectivity index (χ0) is 17.3. The van der Waals surface area contributed by atoms with Gasteiger partial charge in [-0.25, -0.2) is 9.59 Å². The van der Waals surface area contributed by atoms with Gasteiger partial charge in [-0.2, -0.15) is 11.8 Å². The monoisotopic (exact) mass is 339 g/mol. The van der Waals surface area contributed by atoms with Crippen molar-refractivity contribution in [1.29, 1.82) is 5.41 Å². The number of phenols is 1. The van der Waals surface area contributed by atoms with Crippen LogP contribution in [0, 0.1) is 5.41 Å². The van der Waals surface area contributed by atoms with Crippen LogP contribution in [0.5, 0.6) is 5.75 Å². The molecular formula is C15H21N3O4S. The molecule has 0 aromatic heterocycles. The molecule has 23 heavy (non-hydrogen) atoms. The maximum absolute atomic E-state index is 12.0. The summed E-state index contributed by atoms with van der Waals surface area (Å²) < 4.78 is 4.76. The smallest absolute Gasteiger partial charge is 0.349 e. The van der Waals surface area contributed by atoms with Gasteiger partial charge < -0.3 is 26.3 Å². The summed E-state index contributed by atoms with van der Waals surface area (Å²) in [6.45, 7) is 2.67. The molecule has 1 aromatic carbocycles. The van der Waals surface area contributed by atoms with Crippen LogP contribution in [-0.2, 0) is 9.53 Å². The fourth-order valence-corrected chi connectivity index (χ4v) is 2.54. The average Bonchev–Trinajstić information content (AvgIpc) is 2.51. The summed E-state index contributed by atoms with van der Waals surface area (Å²) in [5, 5.41) is 19.4. The van der Waals surface area contributed by atoms with Gasteiger partial charge in [-0.3, -0.25) is 0 Å². The summed E-state index contributed by atoms with van der Waals surface area (Å²) in [4.78, 5) is 23.9. The highest BCUT2D eigenvalue weighted by molar-refractivity contribution is 7.99. The zero-order valence-electron chi connectivity index (χ0n) is 12.9. The normalized spacial score (nSPS) is 13.1. The quantitative estimate of drug-likeness (QED) is 0.226. The molecule has 0 heterocycles. The molecule has 8 heteroatoms. The van der Waals surface area contributed by atoms with Gasteiger partial charge in [-0.1, -0.05) is 12.1 Å². The summed E-state index contributed by atoms with van der Waals surface area (Å²) >= 11 is 1.44. The fraction of sp³-hybridized carbons (Fsp3) is 0.400. The van der Waals surface area contributed by atoms with Gasteiger partial charge in [-0.05, 0) is 19.1 Å². The molecule has 7 nitrogen and oxygen atoms in total. The topological polar surface area (TPSA) is 126 Å². The van der Waals surface area contributed by atoms with Gasteiger partial charge in [0.15, 0.2) is 0 Å². The van der Waals surface area contributed by atoms with Crippen molar-refractivity contribution in [3.8, 4) is 5.75 Å². The summed E-state index contributed by atoms with van der Waals surface area (Å²) in [6, 6.07) is 5.81. The molecule has 0 fully saturated rings. The summed E-state index contributed by atoms with van der Waals surface area (Å²) in [7, 11) is 0. The molecule has 0 aliphatic heterocycles. The summed E-state index contributed by atoms with van der Waals surface area (Å²) in [6.07, 6.45) is 1.26. The molecule has 1 atom stereocenters. The standard InChI is InChI=1S/C15H21N3O4S/c1-15(17,10-23-9-8-18-7-6-16)14(21)22-13(20)11-4-2-3-5-12(11)19/h2-6,16,18-19H,7-10,17H2,1H3/t15-/m0/s1. The highest BCUT2D eigenvalue weighted by Crippen LogP contribution is 2.18. The van der Waals surface area contributed by atoms with E-state index in [1.807, 2.05) is 0 Å². The first-order valence-corrected chi connectivity index (χ1v) is 8.15. The number of rotatable bonds is 9. The number of benzene rings is 1. The van der Waals surface area contributed by atoms with Crippen molar-refractivity contribution >= 4 is 29.9 Å². The van der Waals surface area contributed by atoms with Crippen LogP contribution in [0.15, 0.2) is 24.3 Å². The van der Waals surface area contributed by atoms with Gasteiger partial charge in [0, 0.05) is 30.8 Å². The lowest BCUT2D eigenvalue weighted by Crippen LogP contribution is -2.49. The molecule has 0 aliphatic rings. The van der Waals surface area contributed by atoms with Crippen molar-refractivity contribution in [3.63, 3.8) is 0 Å². The number of ether oxygens (including phenoxy) is 1. The first-order valence-electron chi connectivity index (χ1n) is 6.99. The Bertz CT molecular complexity index is 563. The molecule has 0 spiro atoms. The second kappa shape index (κ2) is 9.29. The van der Waals surface area contributed by atoms with Crippen molar-refractivity contribution in [2.24, 2.45) is 5.73 Å². The number of carbonyl (C=O) groups is 2. The van der Waals surface area contributed by atoms with E-state index in [-0.39, 0.29) is 17.1 Å². The SMILES string of the molecule is C[C@](N)(CSCCNCC=N)C(=O)OC(=O)c1ccccc1O. The highest BCUT2D eigenvalue weighted by atomic mass is 32.2. The Hall–Kier alpha value is -1.90. The number of carbonyl (C=O) groups excluding carboxylic acids is 2. The van der Waals surface area contributed by atoms with E-state index in [9.17, 15) is 14.7 Å². The third kappa shape index (κ3) is 6.39. The molecule has 0 saturated heterocycles. The molecule has 126 valence electrons. The fourth-order valence-electron chi connectivity index (χ4n) is 1.56. The zero-order valence-corrected chi connectivity index (χ0v) is 13.7. The lowest BCUT2D eigenvalue weighted by molar-refractivity contribution is -0.142. The molecular weight excluding hydrogens is 318 g/mol. The molecule has 0 saturated carbocycles. The minimum atomic E-state index is -1.31. The van der Waals surface area contributed by atoms with Gasteiger partial charge >= 0.3 is 11.9 Å². The van der Waals surface area contributed by atoms with Crippen molar-refractivity contribution in [3.05, 3.63) is 29.8 Å². The number of nitrogens with one attached hydrogen (secondary N) is 2. The average molecular weight is 339 g/mol. The van der Waals surface area contributed by atoms with Crippen LogP contribution in [0.4, 0.5) is 0 Å². The van der Waals surface area contributed by atoms with E-state index in [2.05, 4.69) is 5.32 Å². The highest BCUT2D eigenvalue weighted by Gasteiger charge is 2.32. The Labute approximate surface area is 139 Å². The van der Waals surface area contributed by atoms with Gasteiger partial charge in [0.05, 0.1) is 0 Å². The van der Waals surface area contributed by atoms with Gasteiger partial charge in [0.1, 0.15) is 16.9 Å². The van der Waals surface area contributed by atoms with E-state index in [4.69, 9.17) is 15.9 Å². The predicted molar refractivity (Wildman–Crippen MR) is 90.1 cm³/mol. The number of thioether (sulfide) groups is 1. The molecule has 0 unspecified atom stereocenters. The molecule has 1 aromatic rings. The van der Waals surface area contributed by atoms with Crippen LogP contribution in [0.25, 0.3) is 0 Å². The third-order valence-electron chi connectivity index (χ3n) is 2.85. The second-order valence-corrected chi connectivity index (χ2v) is 6.18. The van der Waals surface area contributed by atoms with Crippen molar-refractivity contribution in [2.75, 3.05) is 24.6 Å². The van der Waals surface area contributed by atoms with Crippen LogP contribution < -0.4 is 11.1 Å². The Morgan fingerprint density at radius 2 is 2.17 bits per heavy atom. The van der Waals surface area contributed by atoms with E-state index < -0.39 is 17.5 Å². The number of hydrogen-bond acceptors (Lipinski definition) is 8. The van der Waals surface area contributed by atoms with Crippen molar-refractivity contribution < 1.29 is 19.4 Å². The molecule has 0 amide bonds. The van der Waals surface area contributed by atoms with E-state index in [1.54, 1.807) is 12.1 Å². The minimum Gasteiger partial charge on any atom is -0.507 e. The van der Waals surface area contributed by atoms with Crippen LogP contribution in [0.3, 0.4) is 0 Å². The number of hydrogen-bond donors (Lipinski definition) is 4. The maximum atomic E-state index is 12.0. The predicted octanol–water partition coefficient (Wildman–Crippen LogP) is 0.765. The first kappa shape index (κ1) is 19.1. The van der Waals surface area contributed by atoms with E-state index in [0.717, 1.165) is 0 Å². The largest absolute Gasteiger partial charge is 0.507 e.